The zero-order valence-corrected chi connectivity index (χ0v) is 20.9. The van der Waals surface area contributed by atoms with Gasteiger partial charge in [-0.15, -0.1) is 0 Å². The molecule has 2 heterocycles. The van der Waals surface area contributed by atoms with Gasteiger partial charge in [0.05, 0.1) is 31.2 Å². The first-order valence-corrected chi connectivity index (χ1v) is 12.2. The topological polar surface area (TPSA) is 93.9 Å². The van der Waals surface area contributed by atoms with Crippen LogP contribution in [0.4, 0.5) is 0 Å². The van der Waals surface area contributed by atoms with Crippen molar-refractivity contribution >= 4 is 29.1 Å². The summed E-state index contributed by atoms with van der Waals surface area (Å²) in [5.41, 5.74) is 1.06. The quantitative estimate of drug-likeness (QED) is 0.238. The smallest absolute Gasteiger partial charge is 0.295 e. The molecule has 0 saturated carbocycles. The number of imidazole rings is 1. The number of ketones is 1. The van der Waals surface area contributed by atoms with Gasteiger partial charge in [0.15, 0.2) is 11.5 Å². The fourth-order valence-corrected chi connectivity index (χ4v) is 4.43. The van der Waals surface area contributed by atoms with Crippen molar-refractivity contribution in [3.8, 4) is 11.5 Å². The number of hydrogen-bond donors (Lipinski definition) is 1. The molecule has 1 N–H and O–H groups in total. The maximum atomic E-state index is 13.2. The maximum absolute atomic E-state index is 13.2. The summed E-state index contributed by atoms with van der Waals surface area (Å²) in [5.74, 6) is -0.570. The van der Waals surface area contributed by atoms with E-state index in [9.17, 15) is 14.7 Å². The highest BCUT2D eigenvalue weighted by molar-refractivity contribution is 6.46. The number of carbonyl (C=O) groups excluding carboxylic acids is 2. The molecule has 9 heteroatoms. The second kappa shape index (κ2) is 11.3. The molecule has 188 valence electrons. The number of aliphatic hydroxyl groups is 1. The lowest BCUT2D eigenvalue weighted by Gasteiger charge is -2.26. The van der Waals surface area contributed by atoms with Gasteiger partial charge in [0, 0.05) is 36.1 Å². The highest BCUT2D eigenvalue weighted by Crippen LogP contribution is 2.42. The van der Waals surface area contributed by atoms with Crippen molar-refractivity contribution in [2.75, 3.05) is 19.8 Å². The number of nitrogens with zero attached hydrogens (tertiary/aromatic N) is 3. The number of ether oxygens (including phenoxy) is 2. The van der Waals surface area contributed by atoms with Crippen LogP contribution in [0.1, 0.15) is 37.4 Å². The van der Waals surface area contributed by atoms with Crippen LogP contribution in [0, 0.1) is 0 Å². The van der Waals surface area contributed by atoms with Gasteiger partial charge in [-0.05, 0) is 62.2 Å². The number of rotatable bonds is 10. The molecule has 3 aromatic rings. The Morgan fingerprint density at radius 3 is 2.42 bits per heavy atom. The monoisotopic (exact) mass is 509 g/mol. The van der Waals surface area contributed by atoms with E-state index in [4.69, 9.17) is 21.1 Å². The lowest BCUT2D eigenvalue weighted by atomic mass is 9.95. The van der Waals surface area contributed by atoms with Crippen molar-refractivity contribution < 1.29 is 24.2 Å². The van der Waals surface area contributed by atoms with Crippen LogP contribution >= 0.6 is 11.6 Å². The Morgan fingerprint density at radius 1 is 1.03 bits per heavy atom. The van der Waals surface area contributed by atoms with E-state index < -0.39 is 17.7 Å². The number of carbonyl (C=O) groups is 2. The van der Waals surface area contributed by atoms with Gasteiger partial charge in [0.25, 0.3) is 11.7 Å². The van der Waals surface area contributed by atoms with Gasteiger partial charge in [-0.2, -0.15) is 0 Å². The molecule has 1 aromatic heterocycles. The summed E-state index contributed by atoms with van der Waals surface area (Å²) in [6.07, 6.45) is 5.82. The van der Waals surface area contributed by atoms with Crippen LogP contribution in [-0.4, -0.2) is 51.0 Å². The highest BCUT2D eigenvalue weighted by atomic mass is 35.5. The summed E-state index contributed by atoms with van der Waals surface area (Å²) in [7, 11) is 0. The third kappa shape index (κ3) is 5.23. The second-order valence-electron chi connectivity index (χ2n) is 8.23. The Hall–Kier alpha value is -3.78. The molecule has 8 nitrogen and oxygen atoms in total. The van der Waals surface area contributed by atoms with Gasteiger partial charge in [-0.1, -0.05) is 17.7 Å². The van der Waals surface area contributed by atoms with Crippen molar-refractivity contribution in [1.29, 1.82) is 0 Å². The number of benzene rings is 2. The summed E-state index contributed by atoms with van der Waals surface area (Å²) in [6.45, 7) is 5.56. The molecule has 1 saturated heterocycles. The molecule has 1 fully saturated rings. The minimum atomic E-state index is -0.793. The number of aliphatic hydroxyl groups excluding tert-OH is 1. The summed E-state index contributed by atoms with van der Waals surface area (Å²) >= 11 is 6.00. The SMILES string of the molecule is CCOc1ccc(C2C(=C(O)c3ccc(Cl)cc3)C(=O)C(=O)N2CCCn2ccnc2)cc1OCC. The molecule has 1 atom stereocenters. The van der Waals surface area contributed by atoms with E-state index >= 15 is 0 Å². The van der Waals surface area contributed by atoms with E-state index in [0.717, 1.165) is 0 Å². The lowest BCUT2D eigenvalue weighted by molar-refractivity contribution is -0.139. The van der Waals surface area contributed by atoms with Crippen LogP contribution in [0.5, 0.6) is 11.5 Å². The van der Waals surface area contributed by atoms with Crippen molar-refractivity contribution in [2.24, 2.45) is 0 Å². The third-order valence-electron chi connectivity index (χ3n) is 5.92. The van der Waals surface area contributed by atoms with E-state index in [2.05, 4.69) is 4.98 Å². The molecular weight excluding hydrogens is 482 g/mol. The number of amides is 1. The Morgan fingerprint density at radius 2 is 1.75 bits per heavy atom. The Labute approximate surface area is 214 Å². The summed E-state index contributed by atoms with van der Waals surface area (Å²) < 4.78 is 13.4. The minimum Gasteiger partial charge on any atom is -0.507 e. The van der Waals surface area contributed by atoms with Crippen molar-refractivity contribution in [1.82, 2.24) is 14.5 Å². The molecule has 1 amide bonds. The van der Waals surface area contributed by atoms with Gasteiger partial charge in [0.2, 0.25) is 0 Å². The first-order valence-electron chi connectivity index (χ1n) is 11.8. The van der Waals surface area contributed by atoms with Crippen LogP contribution in [0.2, 0.25) is 5.02 Å². The van der Waals surface area contributed by atoms with Gasteiger partial charge >= 0.3 is 0 Å². The average Bonchev–Trinajstić information content (AvgIpc) is 3.48. The second-order valence-corrected chi connectivity index (χ2v) is 8.66. The fourth-order valence-electron chi connectivity index (χ4n) is 4.30. The fraction of sp³-hybridized carbons (Fsp3) is 0.296. The average molecular weight is 510 g/mol. The van der Waals surface area contributed by atoms with E-state index in [0.29, 0.717) is 60.4 Å². The van der Waals surface area contributed by atoms with Crippen LogP contribution in [-0.2, 0) is 16.1 Å². The van der Waals surface area contributed by atoms with Gasteiger partial charge < -0.3 is 24.0 Å². The summed E-state index contributed by atoms with van der Waals surface area (Å²) in [6, 6.07) is 11.0. The van der Waals surface area contributed by atoms with Crippen molar-refractivity contribution in [2.45, 2.75) is 32.9 Å². The predicted octanol–water partition coefficient (Wildman–Crippen LogP) is 4.85. The molecule has 2 aromatic carbocycles. The van der Waals surface area contributed by atoms with Gasteiger partial charge in [-0.3, -0.25) is 9.59 Å². The van der Waals surface area contributed by atoms with Crippen LogP contribution in [0.25, 0.3) is 5.76 Å². The van der Waals surface area contributed by atoms with Crippen LogP contribution < -0.4 is 9.47 Å². The van der Waals surface area contributed by atoms with E-state index in [1.165, 1.54) is 4.90 Å². The van der Waals surface area contributed by atoms with Gasteiger partial charge in [0.1, 0.15) is 5.76 Å². The molecule has 4 rings (SSSR count). The molecule has 1 aliphatic heterocycles. The maximum Gasteiger partial charge on any atom is 0.295 e. The van der Waals surface area contributed by atoms with Crippen molar-refractivity contribution in [3.63, 3.8) is 0 Å². The molecule has 1 unspecified atom stereocenters. The Balaban J connectivity index is 1.77. The molecular formula is C27H28ClN3O5. The largest absolute Gasteiger partial charge is 0.507 e. The molecule has 0 bridgehead atoms. The number of hydrogen-bond acceptors (Lipinski definition) is 6. The first kappa shape index (κ1) is 25.3. The highest BCUT2D eigenvalue weighted by Gasteiger charge is 2.46. The normalized spacial score (nSPS) is 17.0. The zero-order chi connectivity index (χ0) is 25.7. The van der Waals surface area contributed by atoms with E-state index in [1.54, 1.807) is 55.0 Å². The number of likely N-dealkylation sites (tertiary alicyclic amines) is 1. The third-order valence-corrected chi connectivity index (χ3v) is 6.17. The summed E-state index contributed by atoms with van der Waals surface area (Å²) in [4.78, 5) is 32.0. The Bertz CT molecular complexity index is 1250. The van der Waals surface area contributed by atoms with Crippen LogP contribution in [0.15, 0.2) is 66.8 Å². The lowest BCUT2D eigenvalue weighted by Crippen LogP contribution is -2.31. The van der Waals surface area contributed by atoms with E-state index in [1.807, 2.05) is 24.6 Å². The molecule has 0 aliphatic carbocycles. The van der Waals surface area contributed by atoms with E-state index in [-0.39, 0.29) is 11.3 Å². The number of Topliss-reactive ketones (excluding diaryl/α,β-unsaturated/α-hetero) is 1. The predicted molar refractivity (Wildman–Crippen MR) is 136 cm³/mol. The van der Waals surface area contributed by atoms with Crippen LogP contribution in [0.3, 0.4) is 0 Å². The number of halogens is 1. The summed E-state index contributed by atoms with van der Waals surface area (Å²) in [5, 5.41) is 11.7. The number of aryl methyl sites for hydroxylation is 1. The molecule has 0 spiro atoms. The Kier molecular flexibility index (Phi) is 7.95. The first-order chi connectivity index (χ1) is 17.4. The number of aromatic nitrogens is 2. The molecule has 0 radical (unpaired) electrons. The standard InChI is InChI=1S/C27H28ClN3O5/c1-3-35-21-11-8-19(16-22(21)36-4-2)24-23(25(32)18-6-9-20(28)10-7-18)26(33)27(34)31(24)14-5-13-30-15-12-29-17-30/h6-12,15-17,24,32H,3-5,13-14H2,1-2H3. The molecule has 36 heavy (non-hydrogen) atoms. The van der Waals surface area contributed by atoms with Gasteiger partial charge in [-0.25, -0.2) is 4.98 Å². The molecule has 1 aliphatic rings. The van der Waals surface area contributed by atoms with Crippen molar-refractivity contribution in [3.05, 3.63) is 82.9 Å². The minimum absolute atomic E-state index is 0.0246. The zero-order valence-electron chi connectivity index (χ0n) is 20.2.